The Hall–Kier alpha value is -2.21. The van der Waals surface area contributed by atoms with Crippen LogP contribution in [-0.4, -0.2) is 33.9 Å². The molecule has 2 aromatic rings. The Balaban J connectivity index is 1.77. The van der Waals surface area contributed by atoms with Crippen molar-refractivity contribution in [2.24, 2.45) is 0 Å². The predicted molar refractivity (Wildman–Crippen MR) is 88.6 cm³/mol. The summed E-state index contributed by atoms with van der Waals surface area (Å²) in [6, 6.07) is 3.56. The van der Waals surface area contributed by atoms with Crippen LogP contribution in [-0.2, 0) is 0 Å². The van der Waals surface area contributed by atoms with Gasteiger partial charge in [0.2, 0.25) is 5.95 Å². The minimum absolute atomic E-state index is 0.183. The molecular formula is C16H18ClN5O. The molecule has 0 aliphatic carbocycles. The van der Waals surface area contributed by atoms with Gasteiger partial charge in [0, 0.05) is 25.5 Å². The average Bonchev–Trinajstić information content (AvgIpc) is 3.10. The zero-order valence-electron chi connectivity index (χ0n) is 12.9. The van der Waals surface area contributed by atoms with Crippen LogP contribution in [0.15, 0.2) is 30.7 Å². The zero-order valence-corrected chi connectivity index (χ0v) is 13.6. The summed E-state index contributed by atoms with van der Waals surface area (Å²) < 4.78 is 0. The van der Waals surface area contributed by atoms with Gasteiger partial charge in [-0.3, -0.25) is 9.78 Å². The summed E-state index contributed by atoms with van der Waals surface area (Å²) in [6.45, 7) is 3.72. The SMILES string of the molecule is C[C@H](NC(=O)c1nc(N2CCCC2)ncc1Cl)c1cccnc1. The molecule has 0 radical (unpaired) electrons. The number of pyridine rings is 1. The minimum Gasteiger partial charge on any atom is -0.344 e. The second-order valence-corrected chi connectivity index (χ2v) is 5.95. The molecule has 0 spiro atoms. The summed E-state index contributed by atoms with van der Waals surface area (Å²) in [5.41, 5.74) is 1.13. The van der Waals surface area contributed by atoms with Crippen molar-refractivity contribution in [2.45, 2.75) is 25.8 Å². The van der Waals surface area contributed by atoms with E-state index in [9.17, 15) is 4.79 Å². The molecule has 3 heterocycles. The molecule has 0 saturated carbocycles. The molecule has 1 saturated heterocycles. The van der Waals surface area contributed by atoms with Crippen LogP contribution in [0.1, 0.15) is 41.9 Å². The molecule has 2 aromatic heterocycles. The quantitative estimate of drug-likeness (QED) is 0.932. The van der Waals surface area contributed by atoms with Gasteiger partial charge >= 0.3 is 0 Å². The van der Waals surface area contributed by atoms with Gasteiger partial charge in [-0.2, -0.15) is 0 Å². The Morgan fingerprint density at radius 1 is 1.35 bits per heavy atom. The fourth-order valence-electron chi connectivity index (χ4n) is 2.57. The van der Waals surface area contributed by atoms with Gasteiger partial charge in [0.25, 0.3) is 5.91 Å². The largest absolute Gasteiger partial charge is 0.344 e. The van der Waals surface area contributed by atoms with Crippen molar-refractivity contribution >= 4 is 23.5 Å². The van der Waals surface area contributed by atoms with E-state index in [0.29, 0.717) is 5.95 Å². The van der Waals surface area contributed by atoms with E-state index < -0.39 is 0 Å². The van der Waals surface area contributed by atoms with Crippen molar-refractivity contribution in [3.63, 3.8) is 0 Å². The molecule has 1 N–H and O–H groups in total. The number of amides is 1. The normalized spacial score (nSPS) is 15.5. The smallest absolute Gasteiger partial charge is 0.272 e. The van der Waals surface area contributed by atoms with Gasteiger partial charge in [0.15, 0.2) is 5.69 Å². The Morgan fingerprint density at radius 3 is 2.83 bits per heavy atom. The standard InChI is InChI=1S/C16H18ClN5O/c1-11(12-5-4-6-18-9-12)20-15(23)14-13(17)10-19-16(21-14)22-7-2-3-8-22/h4-6,9-11H,2-3,7-8H2,1H3,(H,20,23)/t11-/m0/s1. The molecule has 7 heteroatoms. The van der Waals surface area contributed by atoms with Crippen LogP contribution in [0, 0.1) is 0 Å². The van der Waals surface area contributed by atoms with Gasteiger partial charge in [-0.15, -0.1) is 0 Å². The summed E-state index contributed by atoms with van der Waals surface area (Å²) in [7, 11) is 0. The number of anilines is 1. The number of rotatable bonds is 4. The van der Waals surface area contributed by atoms with Crippen molar-refractivity contribution in [3.8, 4) is 0 Å². The lowest BCUT2D eigenvalue weighted by atomic mass is 10.1. The Bertz CT molecular complexity index is 688. The van der Waals surface area contributed by atoms with Gasteiger partial charge in [0.1, 0.15) is 0 Å². The predicted octanol–water partition coefficient (Wildman–Crippen LogP) is 2.62. The lowest BCUT2D eigenvalue weighted by Crippen LogP contribution is -2.29. The van der Waals surface area contributed by atoms with Crippen molar-refractivity contribution in [1.29, 1.82) is 0 Å². The van der Waals surface area contributed by atoms with Crippen molar-refractivity contribution in [1.82, 2.24) is 20.3 Å². The molecule has 120 valence electrons. The van der Waals surface area contributed by atoms with E-state index in [4.69, 9.17) is 11.6 Å². The molecule has 23 heavy (non-hydrogen) atoms. The molecule has 1 fully saturated rings. The number of hydrogen-bond donors (Lipinski definition) is 1. The third-order valence-electron chi connectivity index (χ3n) is 3.87. The van der Waals surface area contributed by atoms with Gasteiger partial charge in [-0.05, 0) is 31.4 Å². The van der Waals surface area contributed by atoms with E-state index in [1.54, 1.807) is 12.4 Å². The number of carbonyl (C=O) groups is 1. The second kappa shape index (κ2) is 6.91. The maximum atomic E-state index is 12.5. The molecule has 3 rings (SSSR count). The van der Waals surface area contributed by atoms with Gasteiger partial charge < -0.3 is 10.2 Å². The van der Waals surface area contributed by atoms with E-state index in [1.807, 2.05) is 19.1 Å². The van der Waals surface area contributed by atoms with Gasteiger partial charge in [-0.1, -0.05) is 17.7 Å². The van der Waals surface area contributed by atoms with E-state index in [0.717, 1.165) is 31.5 Å². The highest BCUT2D eigenvalue weighted by molar-refractivity contribution is 6.33. The monoisotopic (exact) mass is 331 g/mol. The Morgan fingerprint density at radius 2 is 2.13 bits per heavy atom. The first-order chi connectivity index (χ1) is 11.1. The minimum atomic E-state index is -0.311. The molecule has 6 nitrogen and oxygen atoms in total. The lowest BCUT2D eigenvalue weighted by molar-refractivity contribution is 0.0935. The second-order valence-electron chi connectivity index (χ2n) is 5.54. The van der Waals surface area contributed by atoms with Gasteiger partial charge in [0.05, 0.1) is 17.3 Å². The number of halogens is 1. The maximum absolute atomic E-state index is 12.5. The van der Waals surface area contributed by atoms with Crippen molar-refractivity contribution < 1.29 is 4.79 Å². The summed E-state index contributed by atoms with van der Waals surface area (Å²) in [5.74, 6) is 0.250. The maximum Gasteiger partial charge on any atom is 0.272 e. The first kappa shape index (κ1) is 15.7. The average molecular weight is 332 g/mol. The van der Waals surface area contributed by atoms with Crippen LogP contribution in [0.2, 0.25) is 5.02 Å². The zero-order chi connectivity index (χ0) is 16.2. The summed E-state index contributed by atoms with van der Waals surface area (Å²) in [6.07, 6.45) is 7.15. The third kappa shape index (κ3) is 3.59. The molecule has 1 aliphatic heterocycles. The van der Waals surface area contributed by atoms with E-state index in [-0.39, 0.29) is 22.7 Å². The van der Waals surface area contributed by atoms with Crippen molar-refractivity contribution in [2.75, 3.05) is 18.0 Å². The number of aromatic nitrogens is 3. The number of carbonyl (C=O) groups excluding carboxylic acids is 1. The summed E-state index contributed by atoms with van der Waals surface area (Å²) >= 11 is 6.11. The van der Waals surface area contributed by atoms with Crippen molar-refractivity contribution in [3.05, 3.63) is 47.0 Å². The third-order valence-corrected chi connectivity index (χ3v) is 4.14. The summed E-state index contributed by atoms with van der Waals surface area (Å²) in [5, 5.41) is 3.15. The molecule has 1 aliphatic rings. The van der Waals surface area contributed by atoms with E-state index in [2.05, 4.69) is 25.2 Å². The van der Waals surface area contributed by atoms with Gasteiger partial charge in [-0.25, -0.2) is 9.97 Å². The molecule has 0 unspecified atom stereocenters. The van der Waals surface area contributed by atoms with Crippen LogP contribution in [0.25, 0.3) is 0 Å². The first-order valence-corrected chi connectivity index (χ1v) is 8.01. The van der Waals surface area contributed by atoms with Crippen LogP contribution in [0.5, 0.6) is 0 Å². The fourth-order valence-corrected chi connectivity index (χ4v) is 2.74. The van der Waals surface area contributed by atoms with E-state index >= 15 is 0 Å². The molecule has 0 bridgehead atoms. The highest BCUT2D eigenvalue weighted by Crippen LogP contribution is 2.20. The Labute approximate surface area is 139 Å². The highest BCUT2D eigenvalue weighted by Gasteiger charge is 2.20. The van der Waals surface area contributed by atoms with Crippen LogP contribution in [0.4, 0.5) is 5.95 Å². The number of nitrogens with one attached hydrogen (secondary N) is 1. The first-order valence-electron chi connectivity index (χ1n) is 7.63. The number of hydrogen-bond acceptors (Lipinski definition) is 5. The molecule has 1 amide bonds. The summed E-state index contributed by atoms with van der Waals surface area (Å²) in [4.78, 5) is 27.2. The lowest BCUT2D eigenvalue weighted by Gasteiger charge is -2.17. The van der Waals surface area contributed by atoms with Crippen LogP contribution >= 0.6 is 11.6 Å². The highest BCUT2D eigenvalue weighted by atomic mass is 35.5. The number of nitrogens with zero attached hydrogens (tertiary/aromatic N) is 4. The molecule has 0 aromatic carbocycles. The molecule has 1 atom stereocenters. The van der Waals surface area contributed by atoms with Crippen LogP contribution in [0.3, 0.4) is 0 Å². The van der Waals surface area contributed by atoms with Crippen LogP contribution < -0.4 is 10.2 Å². The Kier molecular flexibility index (Phi) is 4.71. The fraction of sp³-hybridized carbons (Fsp3) is 0.375. The molecular weight excluding hydrogens is 314 g/mol. The topological polar surface area (TPSA) is 71.0 Å². The van der Waals surface area contributed by atoms with E-state index in [1.165, 1.54) is 6.20 Å².